The lowest BCUT2D eigenvalue weighted by atomic mass is 9.91. The number of likely N-dealkylation sites (tertiary alicyclic amines) is 1. The van der Waals surface area contributed by atoms with Crippen molar-refractivity contribution in [2.75, 3.05) is 26.2 Å². The molecule has 0 bridgehead atoms. The molecule has 2 aromatic carbocycles. The summed E-state index contributed by atoms with van der Waals surface area (Å²) in [6.45, 7) is 6.51. The van der Waals surface area contributed by atoms with E-state index in [1.165, 1.54) is 0 Å². The Morgan fingerprint density at radius 3 is 2.13 bits per heavy atom. The van der Waals surface area contributed by atoms with Crippen LogP contribution in [0.25, 0.3) is 11.1 Å². The van der Waals surface area contributed by atoms with Crippen LogP contribution in [0.15, 0.2) is 48.5 Å². The molecule has 6 heteroatoms. The summed E-state index contributed by atoms with van der Waals surface area (Å²) in [5.74, 6) is -0.0510. The average Bonchev–Trinajstić information content (AvgIpc) is 3.05. The van der Waals surface area contributed by atoms with Gasteiger partial charge in [0.2, 0.25) is 0 Å². The summed E-state index contributed by atoms with van der Waals surface area (Å²) in [4.78, 5) is 26.4. The van der Waals surface area contributed by atoms with Crippen molar-refractivity contribution in [2.24, 2.45) is 11.8 Å². The minimum atomic E-state index is -1.04. The number of benzene rings is 2. The van der Waals surface area contributed by atoms with Gasteiger partial charge in [-0.3, -0.25) is 0 Å². The molecule has 2 aromatic rings. The van der Waals surface area contributed by atoms with Gasteiger partial charge in [0.05, 0.1) is 0 Å². The SMILES string of the molecule is C[C@@H]1C[C@H](C)CN(C[C@H](NC(=O)OCC2c3ccccc3-c3ccccc32)C(=O)O)C1. The maximum absolute atomic E-state index is 12.5. The van der Waals surface area contributed by atoms with E-state index < -0.39 is 18.1 Å². The third-order valence-electron chi connectivity index (χ3n) is 6.32. The largest absolute Gasteiger partial charge is 0.480 e. The van der Waals surface area contributed by atoms with Gasteiger partial charge in [-0.2, -0.15) is 0 Å². The van der Waals surface area contributed by atoms with Crippen LogP contribution < -0.4 is 5.32 Å². The van der Waals surface area contributed by atoms with Crippen molar-refractivity contribution >= 4 is 12.1 Å². The van der Waals surface area contributed by atoms with Gasteiger partial charge in [0.15, 0.2) is 0 Å². The van der Waals surface area contributed by atoms with Gasteiger partial charge in [-0.15, -0.1) is 0 Å². The summed E-state index contributed by atoms with van der Waals surface area (Å²) in [7, 11) is 0. The number of rotatable bonds is 6. The zero-order valence-corrected chi connectivity index (χ0v) is 18.1. The summed E-state index contributed by atoms with van der Waals surface area (Å²) in [6.07, 6.45) is 0.459. The van der Waals surface area contributed by atoms with Crippen molar-refractivity contribution in [2.45, 2.75) is 32.2 Å². The second-order valence-corrected chi connectivity index (χ2v) is 9.03. The molecule has 6 nitrogen and oxygen atoms in total. The number of carbonyl (C=O) groups is 2. The van der Waals surface area contributed by atoms with E-state index in [2.05, 4.69) is 48.3 Å². The average molecular weight is 423 g/mol. The molecule has 4 rings (SSSR count). The van der Waals surface area contributed by atoms with Crippen molar-refractivity contribution < 1.29 is 19.4 Å². The van der Waals surface area contributed by atoms with E-state index in [9.17, 15) is 14.7 Å². The third kappa shape index (κ3) is 4.74. The van der Waals surface area contributed by atoms with Crippen molar-refractivity contribution in [1.82, 2.24) is 10.2 Å². The van der Waals surface area contributed by atoms with Crippen LogP contribution in [0, 0.1) is 11.8 Å². The summed E-state index contributed by atoms with van der Waals surface area (Å²) < 4.78 is 5.52. The molecule has 0 unspecified atom stereocenters. The predicted molar refractivity (Wildman–Crippen MR) is 119 cm³/mol. The fourth-order valence-corrected chi connectivity index (χ4v) is 5.17. The Hall–Kier alpha value is -2.86. The van der Waals surface area contributed by atoms with Crippen LogP contribution >= 0.6 is 0 Å². The minimum absolute atomic E-state index is 0.0507. The van der Waals surface area contributed by atoms with Gasteiger partial charge in [0.1, 0.15) is 12.6 Å². The number of ether oxygens (including phenoxy) is 1. The number of carboxylic acids is 1. The van der Waals surface area contributed by atoms with Crippen molar-refractivity contribution in [1.29, 1.82) is 0 Å². The Labute approximate surface area is 183 Å². The number of piperidine rings is 1. The van der Waals surface area contributed by atoms with Gasteiger partial charge in [-0.1, -0.05) is 62.4 Å². The minimum Gasteiger partial charge on any atom is -0.480 e. The third-order valence-corrected chi connectivity index (χ3v) is 6.32. The molecule has 0 aromatic heterocycles. The number of hydrogen-bond acceptors (Lipinski definition) is 4. The molecule has 0 spiro atoms. The number of alkyl carbamates (subject to hydrolysis) is 1. The van der Waals surface area contributed by atoms with Crippen molar-refractivity contribution in [3.63, 3.8) is 0 Å². The van der Waals surface area contributed by atoms with Gasteiger partial charge in [-0.05, 0) is 40.5 Å². The van der Waals surface area contributed by atoms with Crippen LogP contribution in [-0.2, 0) is 9.53 Å². The Morgan fingerprint density at radius 2 is 1.58 bits per heavy atom. The van der Waals surface area contributed by atoms with E-state index in [0.29, 0.717) is 11.8 Å². The van der Waals surface area contributed by atoms with Crippen LogP contribution in [0.5, 0.6) is 0 Å². The first-order chi connectivity index (χ1) is 14.9. The molecular formula is C25H30N2O4. The molecule has 1 saturated heterocycles. The zero-order chi connectivity index (χ0) is 22.0. The highest BCUT2D eigenvalue weighted by molar-refractivity contribution is 5.81. The highest BCUT2D eigenvalue weighted by atomic mass is 16.5. The molecule has 1 aliphatic heterocycles. The molecule has 1 heterocycles. The molecule has 3 atom stereocenters. The number of nitrogens with one attached hydrogen (secondary N) is 1. The first-order valence-electron chi connectivity index (χ1n) is 11.0. The van der Waals surface area contributed by atoms with E-state index in [4.69, 9.17) is 4.74 Å². The molecule has 164 valence electrons. The lowest BCUT2D eigenvalue weighted by Gasteiger charge is -2.36. The van der Waals surface area contributed by atoms with E-state index in [0.717, 1.165) is 41.8 Å². The zero-order valence-electron chi connectivity index (χ0n) is 18.1. The maximum atomic E-state index is 12.5. The maximum Gasteiger partial charge on any atom is 0.407 e. The van der Waals surface area contributed by atoms with E-state index in [1.54, 1.807) is 0 Å². The number of fused-ring (bicyclic) bond motifs is 3. The second kappa shape index (κ2) is 9.10. The molecule has 0 radical (unpaired) electrons. The topological polar surface area (TPSA) is 78.9 Å². The summed E-state index contributed by atoms with van der Waals surface area (Å²) in [5.41, 5.74) is 4.57. The van der Waals surface area contributed by atoms with Crippen molar-refractivity contribution in [3.8, 4) is 11.1 Å². The van der Waals surface area contributed by atoms with Gasteiger partial charge in [-0.25, -0.2) is 9.59 Å². The standard InChI is InChI=1S/C25H30N2O4/c1-16-11-17(2)13-27(12-16)14-23(24(28)29)26-25(30)31-15-22-20-9-5-3-7-18(20)19-8-4-6-10-21(19)22/h3-10,16-17,22-23H,11-15H2,1-2H3,(H,26,30)(H,28,29)/t16-,17+,23-/m0/s1. The van der Waals surface area contributed by atoms with Crippen LogP contribution in [0.2, 0.25) is 0 Å². The highest BCUT2D eigenvalue weighted by Gasteiger charge is 2.31. The Balaban J connectivity index is 1.38. The van der Waals surface area contributed by atoms with Gasteiger partial charge < -0.3 is 20.1 Å². The van der Waals surface area contributed by atoms with E-state index >= 15 is 0 Å². The molecule has 1 amide bonds. The monoisotopic (exact) mass is 422 g/mol. The molecule has 1 aliphatic carbocycles. The lowest BCUT2D eigenvalue weighted by molar-refractivity contribution is -0.140. The second-order valence-electron chi connectivity index (χ2n) is 9.03. The number of carbonyl (C=O) groups excluding carboxylic acids is 1. The van der Waals surface area contributed by atoms with Gasteiger partial charge >= 0.3 is 12.1 Å². The number of hydrogen-bond donors (Lipinski definition) is 2. The summed E-state index contributed by atoms with van der Waals surface area (Å²) >= 11 is 0. The fraction of sp³-hybridized carbons (Fsp3) is 0.440. The summed E-state index contributed by atoms with van der Waals surface area (Å²) in [6, 6.07) is 15.3. The van der Waals surface area contributed by atoms with E-state index in [1.807, 2.05) is 24.3 Å². The number of carboxylic acid groups (broad SMARTS) is 1. The van der Waals surface area contributed by atoms with Crippen LogP contribution in [0.1, 0.15) is 37.3 Å². The lowest BCUT2D eigenvalue weighted by Crippen LogP contribution is -2.51. The Morgan fingerprint density at radius 1 is 1.03 bits per heavy atom. The number of aliphatic carboxylic acids is 1. The normalized spacial score (nSPS) is 21.7. The first kappa shape index (κ1) is 21.4. The fourth-order valence-electron chi connectivity index (χ4n) is 5.17. The first-order valence-corrected chi connectivity index (χ1v) is 11.0. The number of nitrogens with zero attached hydrogens (tertiary/aromatic N) is 1. The van der Waals surface area contributed by atoms with Crippen LogP contribution in [0.4, 0.5) is 4.79 Å². The summed E-state index contributed by atoms with van der Waals surface area (Å²) in [5, 5.41) is 12.2. The van der Waals surface area contributed by atoms with Gasteiger partial charge in [0.25, 0.3) is 0 Å². The molecule has 2 aliphatic rings. The number of amides is 1. The van der Waals surface area contributed by atoms with E-state index in [-0.39, 0.29) is 19.1 Å². The molecule has 31 heavy (non-hydrogen) atoms. The van der Waals surface area contributed by atoms with Crippen molar-refractivity contribution in [3.05, 3.63) is 59.7 Å². The van der Waals surface area contributed by atoms with Gasteiger partial charge in [0, 0.05) is 25.6 Å². The molecular weight excluding hydrogens is 392 g/mol. The van der Waals surface area contributed by atoms with Crippen LogP contribution in [0.3, 0.4) is 0 Å². The quantitative estimate of drug-likeness (QED) is 0.737. The Bertz CT molecular complexity index is 905. The predicted octanol–water partition coefficient (Wildman–Crippen LogP) is 3.96. The molecule has 1 fully saturated rings. The Kier molecular flexibility index (Phi) is 6.28. The molecule has 2 N–H and O–H groups in total. The highest BCUT2D eigenvalue weighted by Crippen LogP contribution is 2.44. The smallest absolute Gasteiger partial charge is 0.407 e. The van der Waals surface area contributed by atoms with Crippen LogP contribution in [-0.4, -0.2) is 54.4 Å². The molecule has 0 saturated carbocycles.